The Labute approximate surface area is 193 Å². The Kier molecular flexibility index (Phi) is 5.88. The number of hydrogen-bond acceptors (Lipinski definition) is 4. The first-order valence-corrected chi connectivity index (χ1v) is 11.2. The van der Waals surface area contributed by atoms with Gasteiger partial charge in [0.25, 0.3) is 5.91 Å². The fourth-order valence-corrected chi connectivity index (χ4v) is 4.38. The van der Waals surface area contributed by atoms with Gasteiger partial charge in [-0.2, -0.15) is 5.26 Å². The molecule has 1 amide bonds. The molecule has 0 radical (unpaired) electrons. The Bertz CT molecular complexity index is 1320. The first-order valence-electron chi connectivity index (χ1n) is 11.2. The van der Waals surface area contributed by atoms with Crippen molar-refractivity contribution in [1.29, 1.82) is 5.26 Å². The van der Waals surface area contributed by atoms with Gasteiger partial charge in [0.15, 0.2) is 0 Å². The lowest BCUT2D eigenvalue weighted by molar-refractivity contribution is 0.0789. The first-order chi connectivity index (χ1) is 16.2. The molecular formula is C27H25N5O. The smallest absolute Gasteiger partial charge is 0.253 e. The van der Waals surface area contributed by atoms with E-state index in [0.29, 0.717) is 25.2 Å². The van der Waals surface area contributed by atoms with E-state index in [4.69, 9.17) is 5.26 Å². The number of nitrogens with one attached hydrogen (secondary N) is 1. The maximum atomic E-state index is 13.0. The van der Waals surface area contributed by atoms with Crippen LogP contribution in [0.5, 0.6) is 0 Å². The lowest BCUT2D eigenvalue weighted by Crippen LogP contribution is -2.35. The van der Waals surface area contributed by atoms with Gasteiger partial charge in [-0.3, -0.25) is 4.79 Å². The van der Waals surface area contributed by atoms with Crippen molar-refractivity contribution in [2.75, 3.05) is 13.1 Å². The Hall–Kier alpha value is -3.95. The van der Waals surface area contributed by atoms with Crippen molar-refractivity contribution >= 4 is 16.7 Å². The zero-order valence-electron chi connectivity index (χ0n) is 18.3. The number of carbonyl (C=O) groups excluding carboxylic acids is 1. The van der Waals surface area contributed by atoms with Crippen LogP contribution in [0.2, 0.25) is 0 Å². The molecular weight excluding hydrogens is 410 g/mol. The van der Waals surface area contributed by atoms with Crippen molar-refractivity contribution in [3.8, 4) is 6.07 Å². The lowest BCUT2D eigenvalue weighted by Gasteiger charge is -2.18. The average molecular weight is 436 g/mol. The fourth-order valence-electron chi connectivity index (χ4n) is 4.38. The quantitative estimate of drug-likeness (QED) is 0.498. The minimum absolute atomic E-state index is 0.0934. The Morgan fingerprint density at radius 3 is 2.73 bits per heavy atom. The van der Waals surface area contributed by atoms with Crippen LogP contribution in [-0.4, -0.2) is 39.5 Å². The summed E-state index contributed by atoms with van der Waals surface area (Å²) in [4.78, 5) is 19.3. The van der Waals surface area contributed by atoms with E-state index in [1.54, 1.807) is 0 Å². The number of benzene rings is 3. The molecule has 1 fully saturated rings. The second kappa shape index (κ2) is 9.27. The Morgan fingerprint density at radius 2 is 1.91 bits per heavy atom. The third-order valence-corrected chi connectivity index (χ3v) is 6.28. The molecule has 1 aromatic heterocycles. The van der Waals surface area contributed by atoms with E-state index in [1.165, 1.54) is 0 Å². The van der Waals surface area contributed by atoms with E-state index in [2.05, 4.69) is 27.0 Å². The second-order valence-electron chi connectivity index (χ2n) is 8.50. The molecule has 0 bridgehead atoms. The SMILES string of the molecule is N#Cc1ccc(Cn2cncc2CNC2CCN(C(=O)c3ccc4ccccc4c3)C2)cc1. The second-order valence-corrected chi connectivity index (χ2v) is 8.50. The van der Waals surface area contributed by atoms with Crippen molar-refractivity contribution in [2.24, 2.45) is 0 Å². The Morgan fingerprint density at radius 1 is 1.09 bits per heavy atom. The van der Waals surface area contributed by atoms with Crippen molar-refractivity contribution in [1.82, 2.24) is 19.8 Å². The van der Waals surface area contributed by atoms with Crippen molar-refractivity contribution in [3.63, 3.8) is 0 Å². The molecule has 2 heterocycles. The van der Waals surface area contributed by atoms with Crippen molar-refractivity contribution < 1.29 is 4.79 Å². The van der Waals surface area contributed by atoms with Crippen LogP contribution >= 0.6 is 0 Å². The highest BCUT2D eigenvalue weighted by Crippen LogP contribution is 2.19. The molecule has 1 N–H and O–H groups in total. The van der Waals surface area contributed by atoms with E-state index in [9.17, 15) is 4.79 Å². The number of nitriles is 1. The number of aromatic nitrogens is 2. The minimum atomic E-state index is 0.0934. The summed E-state index contributed by atoms with van der Waals surface area (Å²) in [5.41, 5.74) is 3.63. The van der Waals surface area contributed by atoms with Gasteiger partial charge < -0.3 is 14.8 Å². The number of amides is 1. The summed E-state index contributed by atoms with van der Waals surface area (Å²) in [6, 6.07) is 24.1. The molecule has 33 heavy (non-hydrogen) atoms. The monoisotopic (exact) mass is 435 g/mol. The molecule has 6 heteroatoms. The van der Waals surface area contributed by atoms with Gasteiger partial charge in [0, 0.05) is 44.0 Å². The zero-order chi connectivity index (χ0) is 22.6. The molecule has 1 unspecified atom stereocenters. The van der Waals surface area contributed by atoms with E-state index < -0.39 is 0 Å². The largest absolute Gasteiger partial charge is 0.337 e. The molecule has 0 aliphatic carbocycles. The normalized spacial score (nSPS) is 15.6. The number of fused-ring (bicyclic) bond motifs is 1. The van der Waals surface area contributed by atoms with Gasteiger partial charge in [-0.25, -0.2) is 4.98 Å². The lowest BCUT2D eigenvalue weighted by atomic mass is 10.1. The van der Waals surface area contributed by atoms with E-state index in [-0.39, 0.29) is 11.9 Å². The molecule has 0 spiro atoms. The third kappa shape index (κ3) is 4.64. The molecule has 1 saturated heterocycles. The molecule has 1 aliphatic rings. The molecule has 0 saturated carbocycles. The third-order valence-electron chi connectivity index (χ3n) is 6.28. The minimum Gasteiger partial charge on any atom is -0.337 e. The van der Waals surface area contributed by atoms with Gasteiger partial charge in [-0.1, -0.05) is 42.5 Å². The zero-order valence-corrected chi connectivity index (χ0v) is 18.3. The van der Waals surface area contributed by atoms with Gasteiger partial charge in [-0.05, 0) is 47.0 Å². The molecule has 4 aromatic rings. The van der Waals surface area contributed by atoms with E-state index in [0.717, 1.165) is 40.6 Å². The topological polar surface area (TPSA) is 74.0 Å². The summed E-state index contributed by atoms with van der Waals surface area (Å²) >= 11 is 0. The predicted molar refractivity (Wildman–Crippen MR) is 128 cm³/mol. The average Bonchev–Trinajstić information content (AvgIpc) is 3.52. The molecule has 6 nitrogen and oxygen atoms in total. The molecule has 5 rings (SSSR count). The van der Waals surface area contributed by atoms with Crippen molar-refractivity contribution in [2.45, 2.75) is 25.6 Å². The number of hydrogen-bond donors (Lipinski definition) is 1. The highest BCUT2D eigenvalue weighted by atomic mass is 16.2. The van der Waals surface area contributed by atoms with Crippen LogP contribution < -0.4 is 5.32 Å². The maximum Gasteiger partial charge on any atom is 0.253 e. The number of carbonyl (C=O) groups is 1. The van der Waals surface area contributed by atoms with Gasteiger partial charge >= 0.3 is 0 Å². The van der Waals surface area contributed by atoms with Crippen LogP contribution in [0.1, 0.15) is 33.6 Å². The van der Waals surface area contributed by atoms with Crippen LogP contribution in [0.25, 0.3) is 10.8 Å². The molecule has 1 aliphatic heterocycles. The maximum absolute atomic E-state index is 13.0. The van der Waals surface area contributed by atoms with Crippen LogP contribution in [0.4, 0.5) is 0 Å². The summed E-state index contributed by atoms with van der Waals surface area (Å²) in [7, 11) is 0. The number of imidazole rings is 1. The van der Waals surface area contributed by atoms with Gasteiger partial charge in [0.2, 0.25) is 0 Å². The van der Waals surface area contributed by atoms with E-state index >= 15 is 0 Å². The predicted octanol–water partition coefficient (Wildman–Crippen LogP) is 3.96. The van der Waals surface area contributed by atoms with Crippen LogP contribution in [0.3, 0.4) is 0 Å². The Balaban J connectivity index is 1.18. The summed E-state index contributed by atoms with van der Waals surface area (Å²) in [5.74, 6) is 0.0934. The first kappa shape index (κ1) is 20.9. The fraction of sp³-hybridized carbons (Fsp3) is 0.222. The van der Waals surface area contributed by atoms with Crippen molar-refractivity contribution in [3.05, 3.63) is 102 Å². The molecule has 164 valence electrons. The number of likely N-dealkylation sites (tertiary alicyclic amines) is 1. The summed E-state index contributed by atoms with van der Waals surface area (Å²) in [6.45, 7) is 2.86. The van der Waals surface area contributed by atoms with Gasteiger partial charge in [0.1, 0.15) is 0 Å². The van der Waals surface area contributed by atoms with Crippen LogP contribution in [0, 0.1) is 11.3 Å². The highest BCUT2D eigenvalue weighted by Gasteiger charge is 2.27. The molecule has 1 atom stereocenters. The van der Waals surface area contributed by atoms with Crippen LogP contribution in [0.15, 0.2) is 79.3 Å². The van der Waals surface area contributed by atoms with Gasteiger partial charge in [-0.15, -0.1) is 0 Å². The van der Waals surface area contributed by atoms with E-state index in [1.807, 2.05) is 78.1 Å². The summed E-state index contributed by atoms with van der Waals surface area (Å²) in [6.07, 6.45) is 4.64. The highest BCUT2D eigenvalue weighted by molar-refractivity contribution is 5.98. The number of nitrogens with zero attached hydrogens (tertiary/aromatic N) is 4. The standard InChI is InChI=1S/C27H25N5O/c28-14-20-5-7-21(8-6-20)17-32-19-29-15-26(32)16-30-25-11-12-31(18-25)27(33)24-10-9-22-3-1-2-4-23(22)13-24/h1-10,13,15,19,25,30H,11-12,16-18H2. The number of rotatable bonds is 6. The molecule has 3 aromatic carbocycles. The summed E-state index contributed by atoms with van der Waals surface area (Å²) < 4.78 is 2.11. The van der Waals surface area contributed by atoms with Crippen LogP contribution in [-0.2, 0) is 13.1 Å². The summed E-state index contributed by atoms with van der Waals surface area (Å²) in [5, 5.41) is 14.8. The van der Waals surface area contributed by atoms with Gasteiger partial charge in [0.05, 0.1) is 23.7 Å².